The predicted molar refractivity (Wildman–Crippen MR) is 124 cm³/mol. The maximum atomic E-state index is 10.2. The van der Waals surface area contributed by atoms with E-state index in [0.717, 1.165) is 54.3 Å². The molecule has 29 heavy (non-hydrogen) atoms. The van der Waals surface area contributed by atoms with Gasteiger partial charge in [-0.1, -0.05) is 66.0 Å². The van der Waals surface area contributed by atoms with Crippen LogP contribution in [-0.4, -0.2) is 11.2 Å². The predicted octanol–water partition coefficient (Wildman–Crippen LogP) is 7.63. The lowest BCUT2D eigenvalue weighted by Crippen LogP contribution is -2.49. The first-order valence-electron chi connectivity index (χ1n) is 13.0. The van der Waals surface area contributed by atoms with Gasteiger partial charge in [-0.2, -0.15) is 0 Å². The fourth-order valence-corrected chi connectivity index (χ4v) is 8.53. The van der Waals surface area contributed by atoms with Gasteiger partial charge in [-0.3, -0.25) is 0 Å². The van der Waals surface area contributed by atoms with Crippen molar-refractivity contribution < 1.29 is 5.11 Å². The third-order valence-corrected chi connectivity index (χ3v) is 11.0. The molecule has 0 bridgehead atoms. The average Bonchev–Trinajstić information content (AvgIpc) is 3.03. The second kappa shape index (κ2) is 7.99. The maximum absolute atomic E-state index is 10.2. The van der Waals surface area contributed by atoms with Crippen LogP contribution in [0.5, 0.6) is 0 Å². The number of hydrogen-bond donors (Lipinski definition) is 1. The highest BCUT2D eigenvalue weighted by molar-refractivity contribution is 5.27. The molecule has 0 radical (unpaired) electrons. The van der Waals surface area contributed by atoms with Crippen LogP contribution in [0.4, 0.5) is 0 Å². The zero-order valence-electron chi connectivity index (χ0n) is 20.2. The van der Waals surface area contributed by atoms with Gasteiger partial charge in [0.1, 0.15) is 0 Å². The summed E-state index contributed by atoms with van der Waals surface area (Å²) in [5, 5.41) is 10.2. The fourth-order valence-electron chi connectivity index (χ4n) is 8.53. The number of allylic oxidation sites excluding steroid dienone is 2. The quantitative estimate of drug-likeness (QED) is 0.470. The van der Waals surface area contributed by atoms with E-state index in [0.29, 0.717) is 10.8 Å². The van der Waals surface area contributed by atoms with Crippen molar-refractivity contribution >= 4 is 0 Å². The largest absolute Gasteiger partial charge is 0.393 e. The van der Waals surface area contributed by atoms with E-state index >= 15 is 0 Å². The van der Waals surface area contributed by atoms with Gasteiger partial charge in [-0.25, -0.2) is 0 Å². The van der Waals surface area contributed by atoms with Crippen molar-refractivity contribution in [1.82, 2.24) is 0 Å². The summed E-state index contributed by atoms with van der Waals surface area (Å²) < 4.78 is 0. The minimum Gasteiger partial charge on any atom is -0.393 e. The summed E-state index contributed by atoms with van der Waals surface area (Å²) in [5.74, 6) is 5.85. The second-order valence-corrected chi connectivity index (χ2v) is 12.7. The van der Waals surface area contributed by atoms with Crippen LogP contribution in [0.1, 0.15) is 106 Å². The van der Waals surface area contributed by atoms with E-state index in [1.165, 1.54) is 51.4 Å². The molecule has 9 atom stereocenters. The van der Waals surface area contributed by atoms with Crippen molar-refractivity contribution in [3.63, 3.8) is 0 Å². The maximum Gasteiger partial charge on any atom is 0.0543 e. The molecule has 3 saturated carbocycles. The molecule has 1 nitrogen and oxygen atoms in total. The lowest BCUT2D eigenvalue weighted by Gasteiger charge is -2.57. The molecule has 4 aliphatic rings. The van der Waals surface area contributed by atoms with Crippen molar-refractivity contribution in [2.45, 2.75) is 112 Å². The van der Waals surface area contributed by atoms with E-state index in [2.05, 4.69) is 47.6 Å². The molecule has 0 heterocycles. The standard InChI is InChI=1S/C28H48O/c1-18(2)19(3)7-8-20(4)24-11-12-25-23-10-9-21-17-22(29)13-15-27(21,5)26(23)14-16-28(24,25)6/h10,18-22,24-26,29H,7-9,11-17H2,1-6H3/t19?,20?,21-,22-,24?,25?,26?,27?,28?/m0/s1. The zero-order valence-corrected chi connectivity index (χ0v) is 20.2. The smallest absolute Gasteiger partial charge is 0.0543 e. The van der Waals surface area contributed by atoms with E-state index in [4.69, 9.17) is 0 Å². The van der Waals surface area contributed by atoms with Crippen LogP contribution >= 0.6 is 0 Å². The van der Waals surface area contributed by atoms with Crippen LogP contribution in [-0.2, 0) is 0 Å². The summed E-state index contributed by atoms with van der Waals surface area (Å²) in [6.07, 6.45) is 15.8. The average molecular weight is 401 g/mol. The number of hydrogen-bond acceptors (Lipinski definition) is 1. The van der Waals surface area contributed by atoms with Gasteiger partial charge < -0.3 is 5.11 Å². The molecule has 1 N–H and O–H groups in total. The summed E-state index contributed by atoms with van der Waals surface area (Å²) in [5.41, 5.74) is 2.88. The van der Waals surface area contributed by atoms with E-state index in [9.17, 15) is 5.11 Å². The molecule has 0 spiro atoms. The van der Waals surface area contributed by atoms with Crippen LogP contribution in [0.3, 0.4) is 0 Å². The fraction of sp³-hybridized carbons (Fsp3) is 0.929. The first kappa shape index (κ1) is 21.9. The minimum absolute atomic E-state index is 0.0400. The van der Waals surface area contributed by atoms with Crippen LogP contribution < -0.4 is 0 Å². The molecular weight excluding hydrogens is 352 g/mol. The van der Waals surface area contributed by atoms with Gasteiger partial charge in [-0.15, -0.1) is 0 Å². The van der Waals surface area contributed by atoms with Crippen molar-refractivity contribution in [3.05, 3.63) is 11.6 Å². The number of rotatable bonds is 5. The Balaban J connectivity index is 1.50. The summed E-state index contributed by atoms with van der Waals surface area (Å²) >= 11 is 0. The van der Waals surface area contributed by atoms with Crippen LogP contribution in [0.15, 0.2) is 11.6 Å². The summed E-state index contributed by atoms with van der Waals surface area (Å²) in [6.45, 7) is 15.1. The number of fused-ring (bicyclic) bond motifs is 5. The highest BCUT2D eigenvalue weighted by atomic mass is 16.3. The molecule has 7 unspecified atom stereocenters. The molecule has 3 fully saturated rings. The monoisotopic (exact) mass is 400 g/mol. The van der Waals surface area contributed by atoms with Crippen molar-refractivity contribution in [3.8, 4) is 0 Å². The Morgan fingerprint density at radius 1 is 0.931 bits per heavy atom. The van der Waals surface area contributed by atoms with E-state index in [-0.39, 0.29) is 6.10 Å². The molecule has 1 heteroatoms. The molecule has 0 amide bonds. The Morgan fingerprint density at radius 3 is 2.34 bits per heavy atom. The lowest BCUT2D eigenvalue weighted by atomic mass is 9.47. The molecule has 4 aliphatic carbocycles. The van der Waals surface area contributed by atoms with Gasteiger partial charge in [-0.05, 0) is 104 Å². The van der Waals surface area contributed by atoms with Gasteiger partial charge in [0, 0.05) is 0 Å². The topological polar surface area (TPSA) is 20.2 Å². The summed E-state index contributed by atoms with van der Waals surface area (Å²) in [4.78, 5) is 0. The zero-order chi connectivity index (χ0) is 21.0. The van der Waals surface area contributed by atoms with Crippen molar-refractivity contribution in [1.29, 1.82) is 0 Å². The van der Waals surface area contributed by atoms with E-state index < -0.39 is 0 Å². The molecule has 0 aromatic rings. The van der Waals surface area contributed by atoms with Gasteiger partial charge >= 0.3 is 0 Å². The lowest BCUT2D eigenvalue weighted by molar-refractivity contribution is -0.0428. The van der Waals surface area contributed by atoms with Crippen molar-refractivity contribution in [2.75, 3.05) is 0 Å². The van der Waals surface area contributed by atoms with Gasteiger partial charge in [0.2, 0.25) is 0 Å². The number of aliphatic hydroxyl groups excluding tert-OH is 1. The first-order valence-corrected chi connectivity index (χ1v) is 13.0. The molecule has 0 aromatic heterocycles. The first-order chi connectivity index (χ1) is 13.7. The molecule has 0 saturated heterocycles. The normalized spacial score (nSPS) is 46.5. The van der Waals surface area contributed by atoms with E-state index in [1.807, 2.05) is 5.57 Å². The summed E-state index contributed by atoms with van der Waals surface area (Å²) in [7, 11) is 0. The second-order valence-electron chi connectivity index (χ2n) is 12.7. The van der Waals surface area contributed by atoms with Crippen molar-refractivity contribution in [2.24, 2.45) is 52.3 Å². The highest BCUT2D eigenvalue weighted by Gasteiger charge is 2.58. The number of aliphatic hydroxyl groups is 1. The Kier molecular flexibility index (Phi) is 6.04. The minimum atomic E-state index is -0.0400. The molecule has 166 valence electrons. The third kappa shape index (κ3) is 3.66. The third-order valence-electron chi connectivity index (χ3n) is 11.0. The molecule has 4 rings (SSSR count). The summed E-state index contributed by atoms with van der Waals surface area (Å²) in [6, 6.07) is 0. The molecule has 0 aliphatic heterocycles. The Hall–Kier alpha value is -0.300. The Morgan fingerprint density at radius 2 is 1.62 bits per heavy atom. The van der Waals surface area contributed by atoms with Crippen LogP contribution in [0.2, 0.25) is 0 Å². The van der Waals surface area contributed by atoms with Gasteiger partial charge in [0.15, 0.2) is 0 Å². The SMILES string of the molecule is CC(C)C(C)CCC(C)C1CCC2C3=CC[C@H]4C[C@@H](O)CCC4(C)C3CCC21C. The van der Waals surface area contributed by atoms with E-state index in [1.54, 1.807) is 0 Å². The Bertz CT molecular complexity index is 620. The van der Waals surface area contributed by atoms with Crippen LogP contribution in [0, 0.1) is 52.3 Å². The van der Waals surface area contributed by atoms with Crippen LogP contribution in [0.25, 0.3) is 0 Å². The van der Waals surface area contributed by atoms with Gasteiger partial charge in [0.05, 0.1) is 6.10 Å². The molecular formula is C28H48O. The Labute approximate surface area is 181 Å². The highest BCUT2D eigenvalue weighted by Crippen LogP contribution is 2.67. The molecule has 0 aromatic carbocycles. The van der Waals surface area contributed by atoms with Gasteiger partial charge in [0.25, 0.3) is 0 Å².